The Hall–Kier alpha value is -0.610. The molecule has 0 radical (unpaired) electrons. The SMILES string of the molecule is O=C(CCC1CCCCO1)N1CC[C@H](O)C1. The van der Waals surface area contributed by atoms with Crippen molar-refractivity contribution in [1.82, 2.24) is 4.90 Å². The lowest BCUT2D eigenvalue weighted by Crippen LogP contribution is -2.30. The number of hydrogen-bond donors (Lipinski definition) is 1. The summed E-state index contributed by atoms with van der Waals surface area (Å²) in [5.74, 6) is 0.172. The average Bonchev–Trinajstić information content (AvgIpc) is 2.74. The monoisotopic (exact) mass is 227 g/mol. The number of aliphatic hydroxyl groups is 1. The molecule has 1 N–H and O–H groups in total. The molecular weight excluding hydrogens is 206 g/mol. The third-order valence-electron chi connectivity index (χ3n) is 3.47. The number of likely N-dealkylation sites (tertiary alicyclic amines) is 1. The van der Waals surface area contributed by atoms with Gasteiger partial charge in [0.05, 0.1) is 12.2 Å². The molecule has 1 unspecified atom stereocenters. The maximum Gasteiger partial charge on any atom is 0.222 e. The second kappa shape index (κ2) is 5.64. The van der Waals surface area contributed by atoms with Crippen molar-refractivity contribution in [2.24, 2.45) is 0 Å². The zero-order valence-corrected chi connectivity index (χ0v) is 9.73. The van der Waals surface area contributed by atoms with Crippen LogP contribution in [0.3, 0.4) is 0 Å². The zero-order chi connectivity index (χ0) is 11.4. The fourth-order valence-electron chi connectivity index (χ4n) is 2.45. The molecule has 4 nitrogen and oxygen atoms in total. The maximum absolute atomic E-state index is 11.8. The number of β-amino-alcohol motifs (C(OH)–C–C–N with tert-alkyl or cyclic N) is 1. The van der Waals surface area contributed by atoms with Crippen LogP contribution in [0.25, 0.3) is 0 Å². The Balaban J connectivity index is 1.67. The van der Waals surface area contributed by atoms with E-state index in [0.29, 0.717) is 19.5 Å². The van der Waals surface area contributed by atoms with Gasteiger partial charge in [-0.25, -0.2) is 0 Å². The van der Waals surface area contributed by atoms with E-state index in [1.54, 1.807) is 4.90 Å². The first-order valence-electron chi connectivity index (χ1n) is 6.33. The number of hydrogen-bond acceptors (Lipinski definition) is 3. The summed E-state index contributed by atoms with van der Waals surface area (Å²) in [7, 11) is 0. The van der Waals surface area contributed by atoms with Crippen LogP contribution in [0.2, 0.25) is 0 Å². The van der Waals surface area contributed by atoms with Crippen LogP contribution >= 0.6 is 0 Å². The Morgan fingerprint density at radius 3 is 2.88 bits per heavy atom. The lowest BCUT2D eigenvalue weighted by atomic mass is 10.0. The van der Waals surface area contributed by atoms with Crippen LogP contribution in [0.15, 0.2) is 0 Å². The first kappa shape index (κ1) is 11.9. The van der Waals surface area contributed by atoms with Crippen molar-refractivity contribution in [3.05, 3.63) is 0 Å². The summed E-state index contributed by atoms with van der Waals surface area (Å²) in [5.41, 5.74) is 0. The molecule has 2 saturated heterocycles. The predicted octanol–water partition coefficient (Wildman–Crippen LogP) is 0.929. The molecule has 0 aromatic carbocycles. The topological polar surface area (TPSA) is 49.8 Å². The zero-order valence-electron chi connectivity index (χ0n) is 9.73. The second-order valence-electron chi connectivity index (χ2n) is 4.81. The van der Waals surface area contributed by atoms with Crippen LogP contribution in [0.4, 0.5) is 0 Å². The number of carbonyl (C=O) groups excluding carboxylic acids is 1. The number of rotatable bonds is 3. The van der Waals surface area contributed by atoms with Gasteiger partial charge in [0.15, 0.2) is 0 Å². The minimum Gasteiger partial charge on any atom is -0.391 e. The Labute approximate surface area is 96.6 Å². The molecule has 0 aliphatic carbocycles. The molecule has 0 aromatic rings. The van der Waals surface area contributed by atoms with Gasteiger partial charge in [-0.3, -0.25) is 4.79 Å². The molecule has 2 atom stereocenters. The lowest BCUT2D eigenvalue weighted by molar-refractivity contribution is -0.131. The van der Waals surface area contributed by atoms with Crippen LogP contribution in [0.5, 0.6) is 0 Å². The van der Waals surface area contributed by atoms with Gasteiger partial charge in [-0.2, -0.15) is 0 Å². The molecule has 2 aliphatic heterocycles. The fraction of sp³-hybridized carbons (Fsp3) is 0.917. The van der Waals surface area contributed by atoms with Crippen LogP contribution in [0.1, 0.15) is 38.5 Å². The van der Waals surface area contributed by atoms with Crippen molar-refractivity contribution >= 4 is 5.91 Å². The van der Waals surface area contributed by atoms with Crippen LogP contribution in [-0.4, -0.2) is 47.8 Å². The van der Waals surface area contributed by atoms with E-state index in [0.717, 1.165) is 32.3 Å². The second-order valence-corrected chi connectivity index (χ2v) is 4.81. The van der Waals surface area contributed by atoms with Gasteiger partial charge in [-0.05, 0) is 32.1 Å². The molecule has 2 heterocycles. The van der Waals surface area contributed by atoms with E-state index < -0.39 is 0 Å². The summed E-state index contributed by atoms with van der Waals surface area (Å²) < 4.78 is 5.59. The van der Waals surface area contributed by atoms with Gasteiger partial charge >= 0.3 is 0 Å². The number of aliphatic hydroxyl groups excluding tert-OH is 1. The van der Waals surface area contributed by atoms with E-state index in [9.17, 15) is 9.90 Å². The third-order valence-corrected chi connectivity index (χ3v) is 3.47. The van der Waals surface area contributed by atoms with Gasteiger partial charge in [0, 0.05) is 26.1 Å². The summed E-state index contributed by atoms with van der Waals surface area (Å²) in [4.78, 5) is 13.6. The number of carbonyl (C=O) groups is 1. The molecule has 1 amide bonds. The summed E-state index contributed by atoms with van der Waals surface area (Å²) in [6.45, 7) is 2.08. The Bertz CT molecular complexity index is 238. The minimum absolute atomic E-state index is 0.172. The Morgan fingerprint density at radius 1 is 1.38 bits per heavy atom. The molecule has 92 valence electrons. The molecule has 4 heteroatoms. The fourth-order valence-corrected chi connectivity index (χ4v) is 2.45. The molecule has 2 aliphatic rings. The smallest absolute Gasteiger partial charge is 0.222 e. The van der Waals surface area contributed by atoms with Crippen LogP contribution < -0.4 is 0 Å². The highest BCUT2D eigenvalue weighted by Crippen LogP contribution is 2.18. The van der Waals surface area contributed by atoms with Crippen molar-refractivity contribution in [1.29, 1.82) is 0 Å². The molecule has 0 aromatic heterocycles. The van der Waals surface area contributed by atoms with Gasteiger partial charge in [0.2, 0.25) is 5.91 Å². The maximum atomic E-state index is 11.8. The van der Waals surface area contributed by atoms with E-state index in [2.05, 4.69) is 0 Å². The minimum atomic E-state index is -0.310. The van der Waals surface area contributed by atoms with E-state index in [1.165, 1.54) is 6.42 Å². The molecule has 16 heavy (non-hydrogen) atoms. The highest BCUT2D eigenvalue weighted by atomic mass is 16.5. The Morgan fingerprint density at radius 2 is 2.25 bits per heavy atom. The lowest BCUT2D eigenvalue weighted by Gasteiger charge is -2.23. The largest absolute Gasteiger partial charge is 0.391 e. The number of amides is 1. The van der Waals surface area contributed by atoms with Gasteiger partial charge < -0.3 is 14.7 Å². The van der Waals surface area contributed by atoms with E-state index in [1.807, 2.05) is 0 Å². The summed E-state index contributed by atoms with van der Waals surface area (Å²) in [6, 6.07) is 0. The van der Waals surface area contributed by atoms with Gasteiger partial charge in [0.25, 0.3) is 0 Å². The van der Waals surface area contributed by atoms with E-state index in [-0.39, 0.29) is 18.1 Å². The highest BCUT2D eigenvalue weighted by Gasteiger charge is 2.25. The van der Waals surface area contributed by atoms with E-state index >= 15 is 0 Å². The normalized spacial score (nSPS) is 30.7. The first-order chi connectivity index (χ1) is 7.75. The quantitative estimate of drug-likeness (QED) is 0.780. The van der Waals surface area contributed by atoms with Gasteiger partial charge in [0.1, 0.15) is 0 Å². The molecule has 0 saturated carbocycles. The van der Waals surface area contributed by atoms with Gasteiger partial charge in [-0.15, -0.1) is 0 Å². The molecule has 0 spiro atoms. The standard InChI is InChI=1S/C12H21NO3/c14-10-6-7-13(9-10)12(15)5-4-11-3-1-2-8-16-11/h10-11,14H,1-9H2/t10-,11?/m0/s1. The van der Waals surface area contributed by atoms with Crippen molar-refractivity contribution in [2.45, 2.75) is 50.7 Å². The summed E-state index contributed by atoms with van der Waals surface area (Å²) in [5, 5.41) is 9.35. The number of ether oxygens (including phenoxy) is 1. The molecule has 0 bridgehead atoms. The molecule has 2 fully saturated rings. The summed E-state index contributed by atoms with van der Waals surface area (Å²) >= 11 is 0. The van der Waals surface area contributed by atoms with Crippen LogP contribution in [0, 0.1) is 0 Å². The molecular formula is C12H21NO3. The summed E-state index contributed by atoms with van der Waals surface area (Å²) in [6.07, 6.45) is 5.58. The van der Waals surface area contributed by atoms with Crippen molar-refractivity contribution < 1.29 is 14.6 Å². The average molecular weight is 227 g/mol. The predicted molar refractivity (Wildman–Crippen MR) is 60.0 cm³/mol. The first-order valence-corrected chi connectivity index (χ1v) is 6.33. The van der Waals surface area contributed by atoms with Crippen molar-refractivity contribution in [2.75, 3.05) is 19.7 Å². The molecule has 2 rings (SSSR count). The van der Waals surface area contributed by atoms with Crippen LogP contribution in [-0.2, 0) is 9.53 Å². The third kappa shape index (κ3) is 3.19. The highest BCUT2D eigenvalue weighted by molar-refractivity contribution is 5.76. The Kier molecular flexibility index (Phi) is 4.18. The van der Waals surface area contributed by atoms with Crippen molar-refractivity contribution in [3.63, 3.8) is 0 Å². The van der Waals surface area contributed by atoms with E-state index in [4.69, 9.17) is 4.74 Å². The van der Waals surface area contributed by atoms with Crippen molar-refractivity contribution in [3.8, 4) is 0 Å². The number of nitrogens with zero attached hydrogens (tertiary/aromatic N) is 1. The van der Waals surface area contributed by atoms with Gasteiger partial charge in [-0.1, -0.05) is 0 Å².